The summed E-state index contributed by atoms with van der Waals surface area (Å²) in [7, 11) is -2.33. The van der Waals surface area contributed by atoms with Crippen LogP contribution in [-0.4, -0.2) is 33.0 Å². The molecule has 1 heterocycles. The first-order valence-electron chi connectivity index (χ1n) is 5.61. The highest BCUT2D eigenvalue weighted by Gasteiger charge is 2.14. The van der Waals surface area contributed by atoms with Crippen LogP contribution in [0.3, 0.4) is 0 Å². The molecule has 1 aromatic heterocycles. The third-order valence-corrected chi connectivity index (χ3v) is 3.95. The average molecular weight is 307 g/mol. The van der Waals surface area contributed by atoms with Gasteiger partial charge in [0.15, 0.2) is 5.13 Å². The fraction of sp³-hybridized carbons (Fsp3) is 0.600. The molecule has 0 amide bonds. The second-order valence-corrected chi connectivity index (χ2v) is 6.60. The number of ether oxygens (including phenoxy) is 1. The standard InChI is InChI=1S/C10H17N3O4S2/c1-7(2)5-11-19(15,16)13-10-12-8(6-18-10)4-9(14)17-3/h6-7,11H,4-5H2,1-3H3,(H,12,13). The smallest absolute Gasteiger partial charge is 0.311 e. The third kappa shape index (κ3) is 5.99. The van der Waals surface area contributed by atoms with Crippen molar-refractivity contribution in [3.8, 4) is 0 Å². The molecule has 0 aliphatic heterocycles. The van der Waals surface area contributed by atoms with Crippen molar-refractivity contribution >= 4 is 32.6 Å². The van der Waals surface area contributed by atoms with E-state index in [4.69, 9.17) is 0 Å². The van der Waals surface area contributed by atoms with E-state index in [9.17, 15) is 13.2 Å². The number of hydrogen-bond acceptors (Lipinski definition) is 6. The Hall–Kier alpha value is -1.19. The number of esters is 1. The zero-order chi connectivity index (χ0) is 14.5. The molecule has 2 N–H and O–H groups in total. The van der Waals surface area contributed by atoms with Gasteiger partial charge in [0.2, 0.25) is 0 Å². The van der Waals surface area contributed by atoms with Gasteiger partial charge in [-0.05, 0) is 5.92 Å². The largest absolute Gasteiger partial charge is 0.469 e. The number of carbonyl (C=O) groups excluding carboxylic acids is 1. The summed E-state index contributed by atoms with van der Waals surface area (Å²) in [6.07, 6.45) is 0.0220. The number of anilines is 1. The molecule has 0 aliphatic rings. The van der Waals surface area contributed by atoms with Gasteiger partial charge in [0.1, 0.15) is 0 Å². The van der Waals surface area contributed by atoms with Gasteiger partial charge in [-0.25, -0.2) is 9.71 Å². The molecular weight excluding hydrogens is 290 g/mol. The molecule has 0 bridgehead atoms. The van der Waals surface area contributed by atoms with Crippen molar-refractivity contribution in [3.63, 3.8) is 0 Å². The fourth-order valence-corrected chi connectivity index (χ4v) is 3.06. The van der Waals surface area contributed by atoms with Crippen LogP contribution in [0.2, 0.25) is 0 Å². The van der Waals surface area contributed by atoms with Crippen molar-refractivity contribution in [2.24, 2.45) is 5.92 Å². The van der Waals surface area contributed by atoms with Crippen LogP contribution in [0.5, 0.6) is 0 Å². The fourth-order valence-electron chi connectivity index (χ4n) is 1.08. The number of methoxy groups -OCH3 is 1. The van der Waals surface area contributed by atoms with Crippen molar-refractivity contribution in [3.05, 3.63) is 11.1 Å². The first-order valence-corrected chi connectivity index (χ1v) is 7.97. The van der Waals surface area contributed by atoms with Gasteiger partial charge in [0.25, 0.3) is 0 Å². The highest BCUT2D eigenvalue weighted by atomic mass is 32.2. The van der Waals surface area contributed by atoms with Crippen LogP contribution in [0, 0.1) is 5.92 Å². The normalized spacial score (nSPS) is 11.6. The van der Waals surface area contributed by atoms with Gasteiger partial charge >= 0.3 is 16.2 Å². The lowest BCUT2D eigenvalue weighted by Gasteiger charge is -2.08. The summed E-state index contributed by atoms with van der Waals surface area (Å²) < 4.78 is 32.5. The predicted octanol–water partition coefficient (Wildman–Crippen LogP) is 0.761. The molecule has 0 saturated carbocycles. The quantitative estimate of drug-likeness (QED) is 0.725. The summed E-state index contributed by atoms with van der Waals surface area (Å²) in [6.45, 7) is 4.15. The number of hydrogen-bond donors (Lipinski definition) is 2. The highest BCUT2D eigenvalue weighted by Crippen LogP contribution is 2.17. The molecule has 19 heavy (non-hydrogen) atoms. The van der Waals surface area contributed by atoms with Crippen LogP contribution < -0.4 is 9.44 Å². The second kappa shape index (κ2) is 6.83. The Morgan fingerprint density at radius 1 is 1.53 bits per heavy atom. The van der Waals surface area contributed by atoms with E-state index in [2.05, 4.69) is 19.2 Å². The lowest BCUT2D eigenvalue weighted by molar-refractivity contribution is -0.139. The number of nitrogens with one attached hydrogen (secondary N) is 2. The van der Waals surface area contributed by atoms with E-state index < -0.39 is 16.2 Å². The molecule has 108 valence electrons. The molecular formula is C10H17N3O4S2. The Morgan fingerprint density at radius 2 is 2.21 bits per heavy atom. The van der Waals surface area contributed by atoms with Crippen LogP contribution in [-0.2, 0) is 26.2 Å². The first kappa shape index (κ1) is 15.9. The van der Waals surface area contributed by atoms with Crippen molar-refractivity contribution in [2.75, 3.05) is 18.4 Å². The first-order chi connectivity index (χ1) is 8.82. The van der Waals surface area contributed by atoms with Crippen molar-refractivity contribution in [1.82, 2.24) is 9.71 Å². The van der Waals surface area contributed by atoms with E-state index in [0.29, 0.717) is 12.2 Å². The Bertz CT molecular complexity index is 525. The van der Waals surface area contributed by atoms with E-state index in [1.54, 1.807) is 5.38 Å². The Balaban J connectivity index is 2.60. The molecule has 0 fully saturated rings. The van der Waals surface area contributed by atoms with Gasteiger partial charge in [-0.1, -0.05) is 13.8 Å². The molecule has 0 saturated heterocycles. The van der Waals surface area contributed by atoms with E-state index in [-0.39, 0.29) is 17.5 Å². The van der Waals surface area contributed by atoms with Crippen LogP contribution in [0.1, 0.15) is 19.5 Å². The zero-order valence-electron chi connectivity index (χ0n) is 11.0. The summed E-state index contributed by atoms with van der Waals surface area (Å²) in [5.41, 5.74) is 0.471. The van der Waals surface area contributed by atoms with E-state index in [1.807, 2.05) is 13.8 Å². The lowest BCUT2D eigenvalue weighted by atomic mass is 10.2. The topological polar surface area (TPSA) is 97.4 Å². The maximum Gasteiger partial charge on any atom is 0.311 e. The van der Waals surface area contributed by atoms with E-state index in [1.165, 1.54) is 7.11 Å². The number of rotatable bonds is 7. The molecule has 7 nitrogen and oxygen atoms in total. The monoisotopic (exact) mass is 307 g/mol. The minimum atomic E-state index is -3.62. The Morgan fingerprint density at radius 3 is 2.79 bits per heavy atom. The Labute approximate surface area is 116 Å². The van der Waals surface area contributed by atoms with E-state index >= 15 is 0 Å². The SMILES string of the molecule is COC(=O)Cc1csc(NS(=O)(=O)NCC(C)C)n1. The second-order valence-electron chi connectivity index (χ2n) is 4.24. The van der Waals surface area contributed by atoms with Gasteiger partial charge in [0, 0.05) is 11.9 Å². The van der Waals surface area contributed by atoms with Crippen molar-refractivity contribution < 1.29 is 17.9 Å². The summed E-state index contributed by atoms with van der Waals surface area (Å²) >= 11 is 1.11. The minimum absolute atomic E-state index is 0.0220. The van der Waals surface area contributed by atoms with Crippen LogP contribution in [0.15, 0.2) is 5.38 Å². The van der Waals surface area contributed by atoms with Gasteiger partial charge in [0.05, 0.1) is 19.2 Å². The molecule has 0 spiro atoms. The van der Waals surface area contributed by atoms with Crippen LogP contribution >= 0.6 is 11.3 Å². The predicted molar refractivity (Wildman–Crippen MR) is 73.2 cm³/mol. The molecule has 0 unspecified atom stereocenters. The molecule has 1 aromatic rings. The highest BCUT2D eigenvalue weighted by molar-refractivity contribution is 7.91. The molecule has 0 aromatic carbocycles. The van der Waals surface area contributed by atoms with Gasteiger partial charge in [-0.2, -0.15) is 13.1 Å². The molecule has 0 aliphatic carbocycles. The van der Waals surface area contributed by atoms with Crippen molar-refractivity contribution in [2.45, 2.75) is 20.3 Å². The van der Waals surface area contributed by atoms with Crippen LogP contribution in [0.25, 0.3) is 0 Å². The molecule has 0 atom stereocenters. The zero-order valence-corrected chi connectivity index (χ0v) is 12.6. The summed E-state index contributed by atoms with van der Waals surface area (Å²) in [5.74, 6) is -0.208. The Kier molecular flexibility index (Phi) is 5.70. The molecule has 1 rings (SSSR count). The van der Waals surface area contributed by atoms with Gasteiger partial charge in [-0.15, -0.1) is 11.3 Å². The van der Waals surface area contributed by atoms with Crippen LogP contribution in [0.4, 0.5) is 5.13 Å². The van der Waals surface area contributed by atoms with E-state index in [0.717, 1.165) is 11.3 Å². The maximum absolute atomic E-state index is 11.6. The third-order valence-electron chi connectivity index (χ3n) is 2.01. The number of aromatic nitrogens is 1. The minimum Gasteiger partial charge on any atom is -0.469 e. The molecule has 0 radical (unpaired) electrons. The summed E-state index contributed by atoms with van der Waals surface area (Å²) in [5, 5.41) is 1.83. The summed E-state index contributed by atoms with van der Waals surface area (Å²) in [4.78, 5) is 15.0. The molecule has 9 heteroatoms. The number of carbonyl (C=O) groups is 1. The van der Waals surface area contributed by atoms with Gasteiger partial charge in [-0.3, -0.25) is 4.79 Å². The maximum atomic E-state index is 11.6. The summed E-state index contributed by atoms with van der Waals surface area (Å²) in [6, 6.07) is 0. The number of thiazole rings is 1. The average Bonchev–Trinajstić information content (AvgIpc) is 2.73. The van der Waals surface area contributed by atoms with Gasteiger partial charge < -0.3 is 4.74 Å². The van der Waals surface area contributed by atoms with Crippen molar-refractivity contribution in [1.29, 1.82) is 0 Å². The lowest BCUT2D eigenvalue weighted by Crippen LogP contribution is -2.32. The number of nitrogens with zero attached hydrogens (tertiary/aromatic N) is 1.